The molecular weight excluding hydrogens is 388 g/mol. The summed E-state index contributed by atoms with van der Waals surface area (Å²) >= 11 is 0. The van der Waals surface area contributed by atoms with Crippen molar-refractivity contribution in [1.29, 1.82) is 0 Å². The molecule has 0 aliphatic carbocycles. The van der Waals surface area contributed by atoms with E-state index in [0.29, 0.717) is 0 Å². The van der Waals surface area contributed by atoms with Crippen LogP contribution in [0.5, 0.6) is 0 Å². The second-order valence-electron chi connectivity index (χ2n) is 7.11. The number of para-hydroxylation sites is 1. The van der Waals surface area contributed by atoms with Gasteiger partial charge in [-0.1, -0.05) is 84.4 Å². The van der Waals surface area contributed by atoms with Gasteiger partial charge in [0.25, 0.3) is 5.84 Å². The Morgan fingerprint density at radius 1 is 0.667 bits per heavy atom. The Hall–Kier alpha value is -3.36. The maximum absolute atomic E-state index is 3.68. The van der Waals surface area contributed by atoms with Crippen molar-refractivity contribution in [2.75, 3.05) is 5.32 Å². The zero-order chi connectivity index (χ0) is 19.9. The van der Waals surface area contributed by atoms with Crippen LogP contribution in [0.15, 0.2) is 115 Å². The normalized spacial score (nSPS) is 11.2. The summed E-state index contributed by atoms with van der Waals surface area (Å²) in [4.78, 5) is 0. The molecule has 2 nitrogen and oxygen atoms in total. The van der Waals surface area contributed by atoms with Crippen molar-refractivity contribution in [2.24, 2.45) is 0 Å². The third-order valence-electron chi connectivity index (χ3n) is 4.88. The Balaban J connectivity index is 0.00000256. The van der Waals surface area contributed by atoms with Gasteiger partial charge in [0.2, 0.25) is 0 Å². The van der Waals surface area contributed by atoms with Gasteiger partial charge in [-0.25, -0.2) is 9.89 Å². The van der Waals surface area contributed by atoms with E-state index < -0.39 is 0 Å². The van der Waals surface area contributed by atoms with Crippen molar-refractivity contribution in [2.45, 2.75) is 13.5 Å². The Kier molecular flexibility index (Phi) is 7.42. The number of aryl methyl sites for hydroxylation is 1. The van der Waals surface area contributed by atoms with Gasteiger partial charge < -0.3 is 12.4 Å². The number of benzene rings is 4. The van der Waals surface area contributed by atoms with Crippen molar-refractivity contribution < 1.29 is 17.0 Å². The van der Waals surface area contributed by atoms with Gasteiger partial charge in [-0.05, 0) is 48.9 Å². The van der Waals surface area contributed by atoms with Crippen LogP contribution in [0.25, 0.3) is 0 Å². The SMILES string of the molecule is Cc1ccc(NC(c2ccccc2)=[N+](Cc2ccccc2)c2ccccc2)cc1.[Cl-]. The van der Waals surface area contributed by atoms with Crippen molar-refractivity contribution in [3.05, 3.63) is 132 Å². The molecule has 3 heteroatoms. The molecule has 0 heterocycles. The summed E-state index contributed by atoms with van der Waals surface area (Å²) in [6, 6.07) is 40.2. The third kappa shape index (κ3) is 5.37. The highest BCUT2D eigenvalue weighted by Crippen LogP contribution is 2.19. The highest BCUT2D eigenvalue weighted by molar-refractivity contribution is 6.05. The molecule has 0 saturated carbocycles. The molecule has 0 saturated heterocycles. The minimum Gasteiger partial charge on any atom is -1.00 e. The molecule has 0 aliphatic heterocycles. The van der Waals surface area contributed by atoms with E-state index in [-0.39, 0.29) is 12.4 Å². The van der Waals surface area contributed by atoms with Gasteiger partial charge >= 0.3 is 0 Å². The molecule has 4 aromatic carbocycles. The number of nitrogens with zero attached hydrogens (tertiary/aromatic N) is 1. The van der Waals surface area contributed by atoms with E-state index in [0.717, 1.165) is 29.3 Å². The van der Waals surface area contributed by atoms with Crippen molar-refractivity contribution in [1.82, 2.24) is 0 Å². The maximum atomic E-state index is 3.68. The fraction of sp³-hybridized carbons (Fsp3) is 0.0741. The predicted octanol–water partition coefficient (Wildman–Crippen LogP) is 3.40. The topological polar surface area (TPSA) is 15.0 Å². The molecule has 0 amide bonds. The molecule has 0 radical (unpaired) electrons. The summed E-state index contributed by atoms with van der Waals surface area (Å²) < 4.78 is 2.34. The van der Waals surface area contributed by atoms with Crippen LogP contribution in [0.3, 0.4) is 0 Å². The van der Waals surface area contributed by atoms with Gasteiger partial charge in [0.05, 0.1) is 5.56 Å². The van der Waals surface area contributed by atoms with E-state index in [2.05, 4.69) is 132 Å². The minimum atomic E-state index is 0. The Morgan fingerprint density at radius 2 is 1.20 bits per heavy atom. The molecule has 0 fully saturated rings. The molecule has 4 aromatic rings. The first-order valence-electron chi connectivity index (χ1n) is 9.92. The summed E-state index contributed by atoms with van der Waals surface area (Å²) in [6.07, 6.45) is 0. The second-order valence-corrected chi connectivity index (χ2v) is 7.11. The van der Waals surface area contributed by atoms with E-state index in [4.69, 9.17) is 0 Å². The summed E-state index contributed by atoms with van der Waals surface area (Å²) in [7, 11) is 0. The second kappa shape index (κ2) is 10.4. The number of hydrogen-bond acceptors (Lipinski definition) is 0. The first-order chi connectivity index (χ1) is 14.3. The van der Waals surface area contributed by atoms with Crippen LogP contribution < -0.4 is 17.7 Å². The summed E-state index contributed by atoms with van der Waals surface area (Å²) in [6.45, 7) is 2.88. The minimum absolute atomic E-state index is 0. The van der Waals surface area contributed by atoms with Crippen molar-refractivity contribution in [3.63, 3.8) is 0 Å². The average molecular weight is 413 g/mol. The standard InChI is InChI=1S/C27H24N2.ClH/c1-22-17-19-25(20-18-22)28-27(24-13-7-3-8-14-24)29(26-15-9-4-10-16-26)21-23-11-5-2-6-12-23;/h2-20H,21H2,1H3;1H. The van der Waals surface area contributed by atoms with E-state index in [9.17, 15) is 0 Å². The van der Waals surface area contributed by atoms with Crippen molar-refractivity contribution >= 4 is 17.2 Å². The summed E-state index contributed by atoms with van der Waals surface area (Å²) in [5, 5.41) is 3.68. The number of amidine groups is 1. The monoisotopic (exact) mass is 412 g/mol. The molecule has 150 valence electrons. The summed E-state index contributed by atoms with van der Waals surface area (Å²) in [5.74, 6) is 1.06. The fourth-order valence-electron chi connectivity index (χ4n) is 3.34. The van der Waals surface area contributed by atoms with E-state index in [1.54, 1.807) is 0 Å². The van der Waals surface area contributed by atoms with E-state index in [1.165, 1.54) is 11.1 Å². The molecule has 4 rings (SSSR count). The third-order valence-corrected chi connectivity index (χ3v) is 4.88. The first kappa shape index (κ1) is 21.4. The van der Waals surface area contributed by atoms with Gasteiger partial charge in [-0.3, -0.25) is 0 Å². The lowest BCUT2D eigenvalue weighted by Crippen LogP contribution is -3.00. The lowest BCUT2D eigenvalue weighted by molar-refractivity contribution is -0.457. The van der Waals surface area contributed by atoms with Gasteiger partial charge in [-0.15, -0.1) is 0 Å². The maximum Gasteiger partial charge on any atom is 0.287 e. The zero-order valence-electron chi connectivity index (χ0n) is 17.0. The molecule has 30 heavy (non-hydrogen) atoms. The van der Waals surface area contributed by atoms with Crippen LogP contribution >= 0.6 is 0 Å². The first-order valence-corrected chi connectivity index (χ1v) is 9.92. The van der Waals surface area contributed by atoms with Crippen LogP contribution in [0, 0.1) is 6.92 Å². The zero-order valence-corrected chi connectivity index (χ0v) is 17.8. The van der Waals surface area contributed by atoms with Gasteiger partial charge in [0.15, 0.2) is 0 Å². The van der Waals surface area contributed by atoms with Gasteiger partial charge in [-0.2, -0.15) is 0 Å². The van der Waals surface area contributed by atoms with Gasteiger partial charge in [0, 0.05) is 0 Å². The lowest BCUT2D eigenvalue weighted by Gasteiger charge is -2.14. The number of anilines is 1. The Morgan fingerprint density at radius 3 is 1.80 bits per heavy atom. The fourth-order valence-corrected chi connectivity index (χ4v) is 3.34. The molecule has 0 unspecified atom stereocenters. The highest BCUT2D eigenvalue weighted by Gasteiger charge is 2.19. The van der Waals surface area contributed by atoms with E-state index in [1.807, 2.05) is 0 Å². The number of rotatable bonds is 5. The smallest absolute Gasteiger partial charge is 0.287 e. The Bertz CT molecular complexity index is 1070. The number of hydrogen-bond donors (Lipinski definition) is 1. The molecular formula is C27H25ClN2. The largest absolute Gasteiger partial charge is 1.00 e. The molecule has 0 aromatic heterocycles. The van der Waals surface area contributed by atoms with Crippen LogP contribution in [0.1, 0.15) is 16.7 Å². The summed E-state index contributed by atoms with van der Waals surface area (Å²) in [5.41, 5.74) is 5.88. The number of halogens is 1. The molecule has 0 spiro atoms. The Labute approximate surface area is 185 Å². The molecule has 0 aliphatic rings. The quantitative estimate of drug-likeness (QED) is 0.301. The van der Waals surface area contributed by atoms with Crippen LogP contribution in [0.2, 0.25) is 0 Å². The average Bonchev–Trinajstić information content (AvgIpc) is 2.79. The lowest BCUT2D eigenvalue weighted by atomic mass is 10.1. The van der Waals surface area contributed by atoms with Crippen molar-refractivity contribution in [3.8, 4) is 0 Å². The highest BCUT2D eigenvalue weighted by atomic mass is 35.5. The predicted molar refractivity (Wildman–Crippen MR) is 122 cm³/mol. The number of nitrogens with one attached hydrogen (secondary N) is 1. The van der Waals surface area contributed by atoms with Crippen LogP contribution in [-0.4, -0.2) is 10.4 Å². The molecule has 0 bridgehead atoms. The van der Waals surface area contributed by atoms with Crippen LogP contribution in [0.4, 0.5) is 11.4 Å². The van der Waals surface area contributed by atoms with E-state index >= 15 is 0 Å². The van der Waals surface area contributed by atoms with Crippen LogP contribution in [-0.2, 0) is 6.54 Å². The molecule has 0 atom stereocenters. The van der Waals surface area contributed by atoms with Gasteiger partial charge in [0.1, 0.15) is 17.9 Å². The molecule has 1 N–H and O–H groups in total.